The Kier molecular flexibility index (Phi) is 1.86. The molecule has 1 fully saturated rings. The van der Waals surface area contributed by atoms with Crippen molar-refractivity contribution < 1.29 is 4.74 Å². The second-order valence-electron chi connectivity index (χ2n) is 2.25. The van der Waals surface area contributed by atoms with Crippen molar-refractivity contribution in [1.82, 2.24) is 5.32 Å². The lowest BCUT2D eigenvalue weighted by atomic mass is 9.89. The van der Waals surface area contributed by atoms with E-state index >= 15 is 0 Å². The SMILES string of the molecule is CN[C@@H]1CC[C@@H]1OC. The summed E-state index contributed by atoms with van der Waals surface area (Å²) in [6.07, 6.45) is 2.98. The summed E-state index contributed by atoms with van der Waals surface area (Å²) in [5, 5.41) is 3.18. The van der Waals surface area contributed by atoms with Crippen LogP contribution in [0.2, 0.25) is 0 Å². The van der Waals surface area contributed by atoms with Gasteiger partial charge >= 0.3 is 0 Å². The van der Waals surface area contributed by atoms with Crippen LogP contribution in [-0.4, -0.2) is 26.3 Å². The number of nitrogens with one attached hydrogen (secondary N) is 1. The van der Waals surface area contributed by atoms with E-state index in [4.69, 9.17) is 4.74 Å². The smallest absolute Gasteiger partial charge is 0.0724 e. The van der Waals surface area contributed by atoms with Crippen LogP contribution in [0.3, 0.4) is 0 Å². The minimum atomic E-state index is 0.486. The summed E-state index contributed by atoms with van der Waals surface area (Å²) >= 11 is 0. The van der Waals surface area contributed by atoms with Crippen molar-refractivity contribution in [2.45, 2.75) is 25.0 Å². The van der Waals surface area contributed by atoms with Gasteiger partial charge in [-0.1, -0.05) is 0 Å². The van der Waals surface area contributed by atoms with E-state index in [2.05, 4.69) is 5.32 Å². The van der Waals surface area contributed by atoms with E-state index in [1.165, 1.54) is 12.8 Å². The van der Waals surface area contributed by atoms with Crippen LogP contribution in [0.4, 0.5) is 0 Å². The van der Waals surface area contributed by atoms with Gasteiger partial charge in [-0.25, -0.2) is 0 Å². The summed E-state index contributed by atoms with van der Waals surface area (Å²) in [6, 6.07) is 0.625. The third-order valence-electron chi connectivity index (χ3n) is 1.88. The van der Waals surface area contributed by atoms with Gasteiger partial charge in [0.2, 0.25) is 0 Å². The first-order chi connectivity index (χ1) is 3.88. The van der Waals surface area contributed by atoms with Crippen molar-refractivity contribution in [3.8, 4) is 0 Å². The molecule has 2 nitrogen and oxygen atoms in total. The second kappa shape index (κ2) is 2.46. The van der Waals surface area contributed by atoms with Crippen molar-refractivity contribution in [2.75, 3.05) is 14.2 Å². The molecule has 0 radical (unpaired) electrons. The summed E-state index contributed by atoms with van der Waals surface area (Å²) in [6.45, 7) is 0. The number of hydrogen-bond acceptors (Lipinski definition) is 2. The van der Waals surface area contributed by atoms with E-state index in [0.29, 0.717) is 12.1 Å². The van der Waals surface area contributed by atoms with E-state index in [1.54, 1.807) is 7.11 Å². The summed E-state index contributed by atoms with van der Waals surface area (Å²) < 4.78 is 5.13. The Labute approximate surface area is 50.2 Å². The molecular formula is C6H13NO. The van der Waals surface area contributed by atoms with Gasteiger partial charge in [-0.3, -0.25) is 0 Å². The normalized spacial score (nSPS) is 36.8. The van der Waals surface area contributed by atoms with Crippen molar-refractivity contribution in [3.05, 3.63) is 0 Å². The van der Waals surface area contributed by atoms with Gasteiger partial charge in [-0.15, -0.1) is 0 Å². The quantitative estimate of drug-likeness (QED) is 0.562. The van der Waals surface area contributed by atoms with Gasteiger partial charge in [0.15, 0.2) is 0 Å². The third kappa shape index (κ3) is 0.858. The van der Waals surface area contributed by atoms with Gasteiger partial charge in [-0.2, -0.15) is 0 Å². The number of rotatable bonds is 2. The highest BCUT2D eigenvalue weighted by Gasteiger charge is 2.28. The molecule has 0 aromatic carbocycles. The first-order valence-electron chi connectivity index (χ1n) is 3.08. The zero-order valence-corrected chi connectivity index (χ0v) is 5.48. The Morgan fingerprint density at radius 3 is 2.38 bits per heavy atom. The van der Waals surface area contributed by atoms with Crippen molar-refractivity contribution >= 4 is 0 Å². The summed E-state index contributed by atoms with van der Waals surface area (Å²) in [5.41, 5.74) is 0. The molecular weight excluding hydrogens is 102 g/mol. The van der Waals surface area contributed by atoms with Crippen molar-refractivity contribution in [3.63, 3.8) is 0 Å². The molecule has 1 aliphatic carbocycles. The van der Waals surface area contributed by atoms with Gasteiger partial charge in [-0.05, 0) is 19.9 Å². The fourth-order valence-corrected chi connectivity index (χ4v) is 1.08. The summed E-state index contributed by atoms with van der Waals surface area (Å²) in [7, 11) is 3.75. The first-order valence-corrected chi connectivity index (χ1v) is 3.08. The maximum atomic E-state index is 5.13. The van der Waals surface area contributed by atoms with Crippen LogP contribution in [0, 0.1) is 0 Å². The standard InChI is InChI=1S/C6H13NO/c1-7-5-3-4-6(5)8-2/h5-7H,3-4H2,1-2H3/t5-,6+/m1/s1. The van der Waals surface area contributed by atoms with Crippen LogP contribution in [0.15, 0.2) is 0 Å². The van der Waals surface area contributed by atoms with E-state index in [-0.39, 0.29) is 0 Å². The van der Waals surface area contributed by atoms with Crippen LogP contribution in [-0.2, 0) is 4.74 Å². The Morgan fingerprint density at radius 2 is 2.25 bits per heavy atom. The second-order valence-corrected chi connectivity index (χ2v) is 2.25. The molecule has 0 aliphatic heterocycles. The Morgan fingerprint density at radius 1 is 1.50 bits per heavy atom. The molecule has 1 aliphatic rings. The summed E-state index contributed by atoms with van der Waals surface area (Å²) in [4.78, 5) is 0. The lowest BCUT2D eigenvalue weighted by Gasteiger charge is -2.34. The van der Waals surface area contributed by atoms with E-state index < -0.39 is 0 Å². The van der Waals surface area contributed by atoms with Gasteiger partial charge in [0.05, 0.1) is 6.10 Å². The van der Waals surface area contributed by atoms with Crippen molar-refractivity contribution in [2.24, 2.45) is 0 Å². The van der Waals surface area contributed by atoms with Crippen LogP contribution in [0.1, 0.15) is 12.8 Å². The van der Waals surface area contributed by atoms with Crippen LogP contribution < -0.4 is 5.32 Å². The highest BCUT2D eigenvalue weighted by Crippen LogP contribution is 2.21. The maximum absolute atomic E-state index is 5.13. The molecule has 1 N–H and O–H groups in total. The Bertz CT molecular complexity index is 60.9. The number of likely N-dealkylation sites (N-methyl/N-ethyl adjacent to an activating group) is 1. The van der Waals surface area contributed by atoms with Crippen LogP contribution in [0.25, 0.3) is 0 Å². The topological polar surface area (TPSA) is 21.3 Å². The largest absolute Gasteiger partial charge is 0.380 e. The van der Waals surface area contributed by atoms with Gasteiger partial charge < -0.3 is 10.1 Å². The molecule has 1 saturated carbocycles. The number of methoxy groups -OCH3 is 1. The molecule has 0 aromatic heterocycles. The number of ether oxygens (including phenoxy) is 1. The van der Waals surface area contributed by atoms with E-state index in [9.17, 15) is 0 Å². The molecule has 0 aromatic rings. The molecule has 0 spiro atoms. The monoisotopic (exact) mass is 115 g/mol. The van der Waals surface area contributed by atoms with Gasteiger partial charge in [0.25, 0.3) is 0 Å². The predicted octanol–water partition coefficient (Wildman–Crippen LogP) is 0.383. The van der Waals surface area contributed by atoms with Crippen molar-refractivity contribution in [1.29, 1.82) is 0 Å². The fraction of sp³-hybridized carbons (Fsp3) is 1.00. The number of hydrogen-bond donors (Lipinski definition) is 1. The predicted molar refractivity (Wildman–Crippen MR) is 32.9 cm³/mol. The third-order valence-corrected chi connectivity index (χ3v) is 1.88. The molecule has 1 rings (SSSR count). The summed E-state index contributed by atoms with van der Waals surface area (Å²) in [5.74, 6) is 0. The molecule has 0 bridgehead atoms. The van der Waals surface area contributed by atoms with E-state index in [0.717, 1.165) is 0 Å². The molecule has 48 valence electrons. The molecule has 8 heavy (non-hydrogen) atoms. The lowest BCUT2D eigenvalue weighted by Crippen LogP contribution is -2.47. The first kappa shape index (κ1) is 6.05. The van der Waals surface area contributed by atoms with Gasteiger partial charge in [0.1, 0.15) is 0 Å². The molecule has 2 heteroatoms. The van der Waals surface area contributed by atoms with Crippen LogP contribution >= 0.6 is 0 Å². The average molecular weight is 115 g/mol. The minimum absolute atomic E-state index is 0.486. The molecule has 2 atom stereocenters. The molecule has 0 heterocycles. The lowest BCUT2D eigenvalue weighted by molar-refractivity contribution is 0.00957. The zero-order valence-electron chi connectivity index (χ0n) is 5.48. The Balaban J connectivity index is 2.16. The maximum Gasteiger partial charge on any atom is 0.0724 e. The molecule has 0 saturated heterocycles. The Hall–Kier alpha value is -0.0800. The van der Waals surface area contributed by atoms with Crippen LogP contribution in [0.5, 0.6) is 0 Å². The highest BCUT2D eigenvalue weighted by atomic mass is 16.5. The molecule has 0 amide bonds. The zero-order chi connectivity index (χ0) is 5.98. The fourth-order valence-electron chi connectivity index (χ4n) is 1.08. The molecule has 0 unspecified atom stereocenters. The van der Waals surface area contributed by atoms with E-state index in [1.807, 2.05) is 7.05 Å². The highest BCUT2D eigenvalue weighted by molar-refractivity contribution is 4.86. The van der Waals surface area contributed by atoms with Gasteiger partial charge in [0, 0.05) is 13.2 Å². The minimum Gasteiger partial charge on any atom is -0.380 e. The average Bonchev–Trinajstić information content (AvgIpc) is 1.66.